The van der Waals surface area contributed by atoms with Gasteiger partial charge in [0.1, 0.15) is 11.5 Å². The largest absolute Gasteiger partial charge is 0.308 e. The van der Waals surface area contributed by atoms with Crippen LogP contribution in [0.4, 0.5) is 10.2 Å². The lowest BCUT2D eigenvalue weighted by Crippen LogP contribution is -2.27. The molecule has 2 aromatic heterocycles. The minimum atomic E-state index is -0.492. The standard InChI is InChI=1S/C21H20FN5O2/c1-12-4-2-6-15(22)18(12)27-16-7-3-5-14(16)17(25-27)20(28)24-19-21(29)26(11-10-23-19)13-8-9-13/h2,4,6,10-11,13H,3,5,7-9H2,1H3,(H,23,24,28). The van der Waals surface area contributed by atoms with Gasteiger partial charge < -0.3 is 9.88 Å². The molecule has 2 heterocycles. The van der Waals surface area contributed by atoms with E-state index in [1.165, 1.54) is 12.3 Å². The number of hydrogen-bond donors (Lipinski definition) is 1. The molecule has 0 radical (unpaired) electrons. The van der Waals surface area contributed by atoms with Gasteiger partial charge in [0.15, 0.2) is 11.5 Å². The normalized spacial score (nSPS) is 15.4. The number of hydrogen-bond acceptors (Lipinski definition) is 4. The molecule has 3 aromatic rings. The highest BCUT2D eigenvalue weighted by Gasteiger charge is 2.30. The van der Waals surface area contributed by atoms with Gasteiger partial charge in [0.05, 0.1) is 0 Å². The molecule has 1 fully saturated rings. The monoisotopic (exact) mass is 393 g/mol. The van der Waals surface area contributed by atoms with Gasteiger partial charge in [-0.3, -0.25) is 9.59 Å². The molecule has 1 amide bonds. The number of carbonyl (C=O) groups is 1. The number of benzene rings is 1. The third-order valence-corrected chi connectivity index (χ3v) is 5.59. The number of rotatable bonds is 4. The maximum Gasteiger partial charge on any atom is 0.293 e. The highest BCUT2D eigenvalue weighted by molar-refractivity contribution is 6.03. The molecule has 0 atom stereocenters. The summed E-state index contributed by atoms with van der Waals surface area (Å²) < 4.78 is 17.7. The third-order valence-electron chi connectivity index (χ3n) is 5.59. The molecule has 0 bridgehead atoms. The van der Waals surface area contributed by atoms with Crippen LogP contribution < -0.4 is 10.9 Å². The van der Waals surface area contributed by atoms with Gasteiger partial charge in [-0.25, -0.2) is 14.1 Å². The number of aromatic nitrogens is 4. The molecule has 8 heteroatoms. The molecule has 1 saturated carbocycles. The summed E-state index contributed by atoms with van der Waals surface area (Å²) in [5.74, 6) is -0.881. The minimum absolute atomic E-state index is 0.00670. The van der Waals surface area contributed by atoms with Crippen molar-refractivity contribution in [3.05, 3.63) is 69.3 Å². The van der Waals surface area contributed by atoms with Crippen LogP contribution in [0.2, 0.25) is 0 Å². The first-order valence-electron chi connectivity index (χ1n) is 9.79. The van der Waals surface area contributed by atoms with Crippen molar-refractivity contribution < 1.29 is 9.18 Å². The van der Waals surface area contributed by atoms with Crippen molar-refractivity contribution in [3.63, 3.8) is 0 Å². The van der Waals surface area contributed by atoms with Gasteiger partial charge >= 0.3 is 0 Å². The zero-order valence-electron chi connectivity index (χ0n) is 16.0. The third kappa shape index (κ3) is 2.95. The first kappa shape index (κ1) is 17.8. The second-order valence-corrected chi connectivity index (χ2v) is 7.62. The van der Waals surface area contributed by atoms with Gasteiger partial charge in [-0.15, -0.1) is 0 Å². The topological polar surface area (TPSA) is 81.8 Å². The quantitative estimate of drug-likeness (QED) is 0.739. The Kier molecular flexibility index (Phi) is 4.08. The van der Waals surface area contributed by atoms with Crippen molar-refractivity contribution in [2.24, 2.45) is 0 Å². The van der Waals surface area contributed by atoms with E-state index in [1.54, 1.807) is 21.5 Å². The van der Waals surface area contributed by atoms with E-state index in [1.807, 2.05) is 13.0 Å². The molecule has 148 valence electrons. The fraction of sp³-hybridized carbons (Fsp3) is 0.333. The van der Waals surface area contributed by atoms with Crippen molar-refractivity contribution in [1.82, 2.24) is 19.3 Å². The summed E-state index contributed by atoms with van der Waals surface area (Å²) in [5.41, 5.74) is 2.67. The number of nitrogens with zero attached hydrogens (tertiary/aromatic N) is 4. The Morgan fingerprint density at radius 3 is 2.86 bits per heavy atom. The number of fused-ring (bicyclic) bond motifs is 1. The van der Waals surface area contributed by atoms with Crippen LogP contribution in [0.25, 0.3) is 5.69 Å². The Bertz CT molecular complexity index is 1170. The number of aryl methyl sites for hydroxylation is 1. The molecular formula is C21H20FN5O2. The van der Waals surface area contributed by atoms with Crippen molar-refractivity contribution in [1.29, 1.82) is 0 Å². The van der Waals surface area contributed by atoms with E-state index in [9.17, 15) is 14.0 Å². The first-order valence-corrected chi connectivity index (χ1v) is 9.79. The van der Waals surface area contributed by atoms with Crippen LogP contribution >= 0.6 is 0 Å². The van der Waals surface area contributed by atoms with Crippen LogP contribution in [0.5, 0.6) is 0 Å². The Hall–Kier alpha value is -3.29. The molecule has 5 rings (SSSR count). The van der Waals surface area contributed by atoms with E-state index in [4.69, 9.17) is 0 Å². The lowest BCUT2D eigenvalue weighted by Gasteiger charge is -2.10. The minimum Gasteiger partial charge on any atom is -0.308 e. The maximum atomic E-state index is 14.5. The number of amides is 1. The van der Waals surface area contributed by atoms with Crippen LogP contribution in [0, 0.1) is 12.7 Å². The van der Waals surface area contributed by atoms with Gasteiger partial charge in [-0.2, -0.15) is 5.10 Å². The highest BCUT2D eigenvalue weighted by Crippen LogP contribution is 2.33. The van der Waals surface area contributed by atoms with E-state index in [2.05, 4.69) is 15.4 Å². The summed E-state index contributed by atoms with van der Waals surface area (Å²) in [4.78, 5) is 29.6. The fourth-order valence-electron chi connectivity index (χ4n) is 4.01. The van der Waals surface area contributed by atoms with E-state index in [0.717, 1.165) is 42.5 Å². The van der Waals surface area contributed by atoms with Crippen molar-refractivity contribution >= 4 is 11.7 Å². The molecule has 0 aliphatic heterocycles. The maximum absolute atomic E-state index is 14.5. The van der Waals surface area contributed by atoms with Crippen molar-refractivity contribution in [3.8, 4) is 5.69 Å². The summed E-state index contributed by atoms with van der Waals surface area (Å²) in [6.07, 6.45) is 7.36. The fourth-order valence-corrected chi connectivity index (χ4v) is 4.01. The van der Waals surface area contributed by atoms with Gasteiger partial charge in [-0.1, -0.05) is 12.1 Å². The molecule has 0 saturated heterocycles. The number of para-hydroxylation sites is 1. The van der Waals surface area contributed by atoms with E-state index < -0.39 is 5.91 Å². The Morgan fingerprint density at radius 1 is 1.28 bits per heavy atom. The Labute approximate surface area is 166 Å². The molecule has 0 unspecified atom stereocenters. The van der Waals surface area contributed by atoms with Crippen molar-refractivity contribution in [2.75, 3.05) is 5.32 Å². The average Bonchev–Trinajstić information content (AvgIpc) is 3.31. The SMILES string of the molecule is Cc1cccc(F)c1-n1nc(C(=O)Nc2nccn(C3CC3)c2=O)c2c1CCC2. The number of anilines is 1. The van der Waals surface area contributed by atoms with E-state index in [-0.39, 0.29) is 28.9 Å². The molecule has 2 aliphatic carbocycles. The predicted octanol–water partition coefficient (Wildman–Crippen LogP) is 2.95. The zero-order valence-corrected chi connectivity index (χ0v) is 16.0. The van der Waals surface area contributed by atoms with Gasteiger partial charge in [0.25, 0.3) is 11.5 Å². The van der Waals surface area contributed by atoms with Gasteiger partial charge in [0, 0.05) is 29.7 Å². The Morgan fingerprint density at radius 2 is 2.10 bits per heavy atom. The summed E-state index contributed by atoms with van der Waals surface area (Å²) >= 11 is 0. The number of nitrogens with one attached hydrogen (secondary N) is 1. The van der Waals surface area contributed by atoms with Crippen molar-refractivity contribution in [2.45, 2.75) is 45.1 Å². The van der Waals surface area contributed by atoms with Crippen LogP contribution in [0.3, 0.4) is 0 Å². The van der Waals surface area contributed by atoms with Crippen LogP contribution in [-0.2, 0) is 12.8 Å². The lowest BCUT2D eigenvalue weighted by atomic mass is 10.1. The average molecular weight is 393 g/mol. The molecule has 1 N–H and O–H groups in total. The second-order valence-electron chi connectivity index (χ2n) is 7.62. The first-order chi connectivity index (χ1) is 14.0. The number of carbonyl (C=O) groups excluding carboxylic acids is 1. The van der Waals surface area contributed by atoms with Gasteiger partial charge in [0.2, 0.25) is 0 Å². The zero-order chi connectivity index (χ0) is 20.1. The number of halogens is 1. The second kappa shape index (κ2) is 6.65. The molecule has 0 spiro atoms. The van der Waals surface area contributed by atoms with E-state index >= 15 is 0 Å². The lowest BCUT2D eigenvalue weighted by molar-refractivity contribution is 0.102. The summed E-state index contributed by atoms with van der Waals surface area (Å²) in [7, 11) is 0. The predicted molar refractivity (Wildman–Crippen MR) is 105 cm³/mol. The molecule has 29 heavy (non-hydrogen) atoms. The highest BCUT2D eigenvalue weighted by atomic mass is 19.1. The van der Waals surface area contributed by atoms with Crippen LogP contribution in [0.1, 0.15) is 52.6 Å². The van der Waals surface area contributed by atoms with Crippen LogP contribution in [-0.4, -0.2) is 25.2 Å². The summed E-state index contributed by atoms with van der Waals surface area (Å²) in [6.45, 7) is 1.81. The summed E-state index contributed by atoms with van der Waals surface area (Å²) in [5, 5.41) is 7.07. The molecular weight excluding hydrogens is 373 g/mol. The smallest absolute Gasteiger partial charge is 0.293 e. The Balaban J connectivity index is 1.53. The molecule has 7 nitrogen and oxygen atoms in total. The molecule has 1 aromatic carbocycles. The molecule has 2 aliphatic rings. The van der Waals surface area contributed by atoms with Crippen LogP contribution in [0.15, 0.2) is 35.4 Å². The summed E-state index contributed by atoms with van der Waals surface area (Å²) in [6, 6.07) is 5.04. The van der Waals surface area contributed by atoms with Gasteiger partial charge in [-0.05, 0) is 50.7 Å². The van der Waals surface area contributed by atoms with E-state index in [0.29, 0.717) is 12.1 Å².